The fourth-order valence-electron chi connectivity index (χ4n) is 3.74. The van der Waals surface area contributed by atoms with Gasteiger partial charge in [0.15, 0.2) is 0 Å². The van der Waals surface area contributed by atoms with Gasteiger partial charge in [0.25, 0.3) is 5.91 Å². The first-order chi connectivity index (χ1) is 15.1. The summed E-state index contributed by atoms with van der Waals surface area (Å²) in [7, 11) is 0. The van der Waals surface area contributed by atoms with Crippen LogP contribution in [0.5, 0.6) is 0 Å². The minimum Gasteiger partial charge on any atom is -0.449 e. The quantitative estimate of drug-likeness (QED) is 0.443. The fraction of sp³-hybridized carbons (Fsp3) is 0.619. The molecule has 1 aromatic rings. The van der Waals surface area contributed by atoms with Gasteiger partial charge in [0.05, 0.1) is 11.7 Å². The molecule has 3 heterocycles. The molecule has 0 spiro atoms. The number of aryl methyl sites for hydroxylation is 1. The van der Waals surface area contributed by atoms with Crippen LogP contribution in [0.4, 0.5) is 8.78 Å². The van der Waals surface area contributed by atoms with Gasteiger partial charge in [-0.2, -0.15) is 4.39 Å². The highest BCUT2D eigenvalue weighted by atomic mass is 19.1. The number of hydrogen-bond donors (Lipinski definition) is 3. The Morgan fingerprint density at radius 3 is 2.44 bits per heavy atom. The van der Waals surface area contributed by atoms with Gasteiger partial charge in [-0.25, -0.2) is 9.37 Å². The topological polar surface area (TPSA) is 133 Å². The smallest absolute Gasteiger partial charge is 0.306 e. The van der Waals surface area contributed by atoms with Crippen molar-refractivity contribution in [3.8, 4) is 0 Å². The lowest BCUT2D eigenvalue weighted by molar-refractivity contribution is -0.178. The van der Waals surface area contributed by atoms with Crippen molar-refractivity contribution in [1.82, 2.24) is 15.6 Å². The van der Waals surface area contributed by atoms with Crippen LogP contribution in [0.1, 0.15) is 43.0 Å². The molecule has 32 heavy (non-hydrogen) atoms. The van der Waals surface area contributed by atoms with Gasteiger partial charge in [0.2, 0.25) is 18.0 Å². The van der Waals surface area contributed by atoms with Crippen LogP contribution in [-0.2, 0) is 30.3 Å². The molecule has 2 aliphatic rings. The number of amides is 2. The van der Waals surface area contributed by atoms with Gasteiger partial charge in [-0.05, 0) is 39.2 Å². The average Bonchev–Trinajstić information content (AvgIpc) is 2.69. The first-order valence-electron chi connectivity index (χ1n) is 10.6. The van der Waals surface area contributed by atoms with Crippen molar-refractivity contribution in [1.29, 1.82) is 0 Å². The zero-order chi connectivity index (χ0) is 23.6. The molecule has 176 valence electrons. The van der Waals surface area contributed by atoms with Crippen LogP contribution in [0.2, 0.25) is 0 Å². The van der Waals surface area contributed by atoms with Crippen molar-refractivity contribution in [2.24, 2.45) is 5.73 Å². The van der Waals surface area contributed by atoms with Gasteiger partial charge in [-0.3, -0.25) is 14.4 Å². The largest absolute Gasteiger partial charge is 0.449 e. The number of hydrogen-bond acceptors (Lipinski definition) is 7. The second-order valence-electron chi connectivity index (χ2n) is 8.29. The number of aromatic nitrogens is 1. The van der Waals surface area contributed by atoms with Gasteiger partial charge in [-0.15, -0.1) is 0 Å². The molecule has 0 bridgehead atoms. The van der Waals surface area contributed by atoms with Crippen molar-refractivity contribution in [3.63, 3.8) is 0 Å². The molecule has 0 radical (unpaired) electrons. The van der Waals surface area contributed by atoms with E-state index >= 15 is 0 Å². The number of carbonyl (C=O) groups is 3. The number of nitrogens with two attached hydrogens (primary N) is 1. The van der Waals surface area contributed by atoms with E-state index in [-0.39, 0.29) is 36.1 Å². The summed E-state index contributed by atoms with van der Waals surface area (Å²) in [4.78, 5) is 41.3. The Labute approximate surface area is 184 Å². The van der Waals surface area contributed by atoms with Crippen LogP contribution in [0.3, 0.4) is 0 Å². The fourth-order valence-corrected chi connectivity index (χ4v) is 3.74. The zero-order valence-electron chi connectivity index (χ0n) is 18.2. The van der Waals surface area contributed by atoms with Crippen molar-refractivity contribution < 1.29 is 32.6 Å². The molecule has 5 atom stereocenters. The molecule has 3 rings (SSSR count). The van der Waals surface area contributed by atoms with E-state index in [1.54, 1.807) is 6.92 Å². The minimum atomic E-state index is -1.15. The van der Waals surface area contributed by atoms with Gasteiger partial charge in [0.1, 0.15) is 18.0 Å². The third kappa shape index (κ3) is 5.21. The normalized spacial score (nSPS) is 29.7. The van der Waals surface area contributed by atoms with E-state index in [0.29, 0.717) is 13.0 Å². The molecule has 4 N–H and O–H groups in total. The second-order valence-corrected chi connectivity index (χ2v) is 8.29. The van der Waals surface area contributed by atoms with Crippen LogP contribution < -0.4 is 16.4 Å². The van der Waals surface area contributed by atoms with Crippen LogP contribution in [-0.4, -0.2) is 59.7 Å². The third-order valence-corrected chi connectivity index (χ3v) is 5.91. The van der Waals surface area contributed by atoms with Gasteiger partial charge in [0, 0.05) is 31.1 Å². The molecule has 2 unspecified atom stereocenters. The van der Waals surface area contributed by atoms with Crippen molar-refractivity contribution in [2.45, 2.75) is 76.8 Å². The lowest BCUT2D eigenvalue weighted by atomic mass is 9.97. The third-order valence-electron chi connectivity index (χ3n) is 5.91. The molecule has 2 amide bonds. The number of rotatable bonds is 3. The van der Waals surface area contributed by atoms with Crippen molar-refractivity contribution >= 4 is 17.8 Å². The average molecular weight is 454 g/mol. The summed E-state index contributed by atoms with van der Waals surface area (Å²) in [5.41, 5.74) is 6.04. The zero-order valence-corrected chi connectivity index (χ0v) is 18.2. The van der Waals surface area contributed by atoms with Crippen LogP contribution in [0.25, 0.3) is 0 Å². The number of carbonyl (C=O) groups excluding carboxylic acids is 3. The predicted molar refractivity (Wildman–Crippen MR) is 108 cm³/mol. The van der Waals surface area contributed by atoms with E-state index in [2.05, 4.69) is 15.6 Å². The number of cyclic esters (lactones) is 1. The minimum absolute atomic E-state index is 0.00882. The maximum atomic E-state index is 14.5. The number of nitrogens with zero attached hydrogens (tertiary/aromatic N) is 1. The number of esters is 1. The molecular weight excluding hydrogens is 426 g/mol. The highest BCUT2D eigenvalue weighted by Crippen LogP contribution is 2.22. The summed E-state index contributed by atoms with van der Waals surface area (Å²) in [5.74, 6) is -3.31. The molecule has 2 fully saturated rings. The van der Waals surface area contributed by atoms with E-state index in [4.69, 9.17) is 15.2 Å². The molecule has 2 aliphatic heterocycles. The Balaban J connectivity index is 1.83. The first-order valence-corrected chi connectivity index (χ1v) is 10.6. The highest BCUT2D eigenvalue weighted by molar-refractivity contribution is 5.87. The maximum Gasteiger partial charge on any atom is 0.306 e. The van der Waals surface area contributed by atoms with Crippen LogP contribution in [0, 0.1) is 25.6 Å². The van der Waals surface area contributed by atoms with E-state index in [9.17, 15) is 23.2 Å². The second kappa shape index (κ2) is 9.86. The molecule has 0 saturated carbocycles. The standard InChI is InChI=1S/C21H28F2N4O5/c1-9-13(19(23)25-10(2)16(9)22)8-12-4-5-15(28)32-18(14-6-7-31-14)21(30)26-11(3)17(24)20(29)27-12/h11-12,14,17-18H,4-8,24H2,1-3H3,(H,26,30)(H,27,29)/t11-,12-,14?,17+,18?/m1/s1. The Morgan fingerprint density at radius 1 is 1.12 bits per heavy atom. The van der Waals surface area contributed by atoms with Gasteiger partial charge < -0.3 is 25.8 Å². The Bertz CT molecular complexity index is 909. The molecule has 9 nitrogen and oxygen atoms in total. The Kier molecular flexibility index (Phi) is 7.40. The van der Waals surface area contributed by atoms with E-state index in [1.807, 2.05) is 0 Å². The summed E-state index contributed by atoms with van der Waals surface area (Å²) in [6.07, 6.45) is -1.34. The van der Waals surface area contributed by atoms with Crippen molar-refractivity contribution in [3.05, 3.63) is 28.6 Å². The molecule has 0 aliphatic carbocycles. The van der Waals surface area contributed by atoms with E-state index in [0.717, 1.165) is 0 Å². The predicted octanol–water partition coefficient (Wildman–Crippen LogP) is 0.330. The highest BCUT2D eigenvalue weighted by Gasteiger charge is 2.39. The van der Waals surface area contributed by atoms with E-state index < -0.39 is 59.9 Å². The van der Waals surface area contributed by atoms with Gasteiger partial charge >= 0.3 is 5.97 Å². The van der Waals surface area contributed by atoms with Gasteiger partial charge in [-0.1, -0.05) is 0 Å². The summed E-state index contributed by atoms with van der Waals surface area (Å²) in [6, 6.07) is -2.63. The summed E-state index contributed by atoms with van der Waals surface area (Å²) < 4.78 is 39.4. The monoisotopic (exact) mass is 454 g/mol. The van der Waals surface area contributed by atoms with Crippen LogP contribution >= 0.6 is 0 Å². The first kappa shape index (κ1) is 24.0. The summed E-state index contributed by atoms with van der Waals surface area (Å²) in [6.45, 7) is 4.80. The number of halogens is 2. The Morgan fingerprint density at radius 2 is 1.81 bits per heavy atom. The van der Waals surface area contributed by atoms with Crippen molar-refractivity contribution in [2.75, 3.05) is 6.61 Å². The molecular formula is C21H28F2N4O5. The van der Waals surface area contributed by atoms with Crippen LogP contribution in [0.15, 0.2) is 0 Å². The Hall–Kier alpha value is -2.66. The lowest BCUT2D eigenvalue weighted by Gasteiger charge is -2.34. The van der Waals surface area contributed by atoms with E-state index in [1.165, 1.54) is 13.8 Å². The number of nitrogens with one attached hydrogen (secondary N) is 2. The number of ether oxygens (including phenoxy) is 2. The number of pyridine rings is 1. The molecule has 1 aromatic heterocycles. The molecule has 0 aromatic carbocycles. The summed E-state index contributed by atoms with van der Waals surface area (Å²) in [5, 5.41) is 5.27. The summed E-state index contributed by atoms with van der Waals surface area (Å²) >= 11 is 0. The SMILES string of the molecule is Cc1nc(F)c(C[C@H]2CCC(=O)OC(C3CCO3)C(=O)N[C@H](C)[C@H](N)C(=O)N2)c(C)c1F. The maximum absolute atomic E-state index is 14.5. The molecule has 11 heteroatoms. The molecule has 2 saturated heterocycles. The lowest BCUT2D eigenvalue weighted by Crippen LogP contribution is -2.59.